The van der Waals surface area contributed by atoms with Gasteiger partial charge < -0.3 is 10.8 Å². The Morgan fingerprint density at radius 3 is 2.71 bits per heavy atom. The second kappa shape index (κ2) is 4.86. The number of hydrogen-bond donors (Lipinski definition) is 3. The fraction of sp³-hybridized carbons (Fsp3) is 0.182. The highest BCUT2D eigenvalue weighted by Crippen LogP contribution is 2.31. The van der Waals surface area contributed by atoms with Crippen LogP contribution in [0.25, 0.3) is 11.3 Å². The van der Waals surface area contributed by atoms with Gasteiger partial charge >= 0.3 is 0 Å². The van der Waals surface area contributed by atoms with Crippen molar-refractivity contribution in [3.8, 4) is 11.3 Å². The first-order chi connectivity index (χ1) is 8.22. The SMILES string of the molecule is NC(O)Cc1[nH]nc(-c2ccccc2)c1N=O. The van der Waals surface area contributed by atoms with E-state index in [0.717, 1.165) is 5.56 Å². The summed E-state index contributed by atoms with van der Waals surface area (Å²) in [7, 11) is 0. The van der Waals surface area contributed by atoms with E-state index in [1.165, 1.54) is 0 Å². The summed E-state index contributed by atoms with van der Waals surface area (Å²) in [6, 6.07) is 9.21. The highest BCUT2D eigenvalue weighted by atomic mass is 16.3. The van der Waals surface area contributed by atoms with Crippen LogP contribution in [-0.4, -0.2) is 21.5 Å². The minimum atomic E-state index is -1.04. The molecule has 0 bridgehead atoms. The largest absolute Gasteiger partial charge is 0.378 e. The van der Waals surface area contributed by atoms with Gasteiger partial charge in [0.2, 0.25) is 0 Å². The molecule has 2 rings (SSSR count). The van der Waals surface area contributed by atoms with Gasteiger partial charge in [0.1, 0.15) is 11.9 Å². The fourth-order valence-corrected chi connectivity index (χ4v) is 1.62. The number of aliphatic hydroxyl groups is 1. The van der Waals surface area contributed by atoms with Gasteiger partial charge in [-0.3, -0.25) is 5.10 Å². The van der Waals surface area contributed by atoms with Gasteiger partial charge in [0, 0.05) is 12.0 Å². The molecule has 4 N–H and O–H groups in total. The summed E-state index contributed by atoms with van der Waals surface area (Å²) >= 11 is 0. The Morgan fingerprint density at radius 1 is 1.41 bits per heavy atom. The predicted octanol–water partition coefficient (Wildman–Crippen LogP) is 1.29. The number of nitrogens with zero attached hydrogens (tertiary/aromatic N) is 2. The maximum Gasteiger partial charge on any atom is 0.156 e. The zero-order valence-electron chi connectivity index (χ0n) is 9.00. The third-order valence-corrected chi connectivity index (χ3v) is 2.36. The number of aromatic amines is 1. The van der Waals surface area contributed by atoms with Gasteiger partial charge in [-0.1, -0.05) is 30.3 Å². The van der Waals surface area contributed by atoms with Crippen LogP contribution in [-0.2, 0) is 6.42 Å². The van der Waals surface area contributed by atoms with Crippen molar-refractivity contribution >= 4 is 5.69 Å². The summed E-state index contributed by atoms with van der Waals surface area (Å²) in [6.45, 7) is 0. The minimum Gasteiger partial charge on any atom is -0.378 e. The average molecular weight is 232 g/mol. The molecule has 1 unspecified atom stereocenters. The Balaban J connectivity index is 2.43. The predicted molar refractivity (Wildman–Crippen MR) is 63.4 cm³/mol. The third-order valence-electron chi connectivity index (χ3n) is 2.36. The molecule has 1 aromatic carbocycles. The van der Waals surface area contributed by atoms with Gasteiger partial charge in [-0.25, -0.2) is 0 Å². The number of hydrogen-bond acceptors (Lipinski definition) is 5. The number of nitroso groups, excluding NO2 is 1. The van der Waals surface area contributed by atoms with Crippen molar-refractivity contribution in [3.63, 3.8) is 0 Å². The van der Waals surface area contributed by atoms with Gasteiger partial charge in [0.15, 0.2) is 5.69 Å². The van der Waals surface area contributed by atoms with Gasteiger partial charge in [-0.2, -0.15) is 5.10 Å². The molecule has 6 heteroatoms. The van der Waals surface area contributed by atoms with Crippen LogP contribution in [0.15, 0.2) is 35.5 Å². The summed E-state index contributed by atoms with van der Waals surface area (Å²) in [5.74, 6) is 0. The summed E-state index contributed by atoms with van der Waals surface area (Å²) in [4.78, 5) is 10.8. The van der Waals surface area contributed by atoms with Crippen molar-refractivity contribution < 1.29 is 5.11 Å². The zero-order valence-corrected chi connectivity index (χ0v) is 9.00. The number of benzene rings is 1. The molecule has 2 aromatic rings. The molecule has 0 spiro atoms. The van der Waals surface area contributed by atoms with E-state index in [4.69, 9.17) is 10.8 Å². The van der Waals surface area contributed by atoms with E-state index in [2.05, 4.69) is 15.4 Å². The van der Waals surface area contributed by atoms with Crippen LogP contribution in [0.1, 0.15) is 5.69 Å². The Bertz CT molecular complexity index is 507. The minimum absolute atomic E-state index is 0.112. The number of rotatable bonds is 4. The molecule has 6 nitrogen and oxygen atoms in total. The molecule has 0 saturated carbocycles. The van der Waals surface area contributed by atoms with Gasteiger partial charge in [-0.15, -0.1) is 4.91 Å². The first-order valence-corrected chi connectivity index (χ1v) is 5.12. The van der Waals surface area contributed by atoms with Crippen LogP contribution in [0.3, 0.4) is 0 Å². The van der Waals surface area contributed by atoms with E-state index >= 15 is 0 Å². The van der Waals surface area contributed by atoms with E-state index in [0.29, 0.717) is 11.4 Å². The van der Waals surface area contributed by atoms with Crippen LogP contribution in [0.2, 0.25) is 0 Å². The highest BCUT2D eigenvalue weighted by Gasteiger charge is 2.16. The third kappa shape index (κ3) is 2.38. The quantitative estimate of drug-likeness (QED) is 0.545. The molecule has 1 atom stereocenters. The average Bonchev–Trinajstić information content (AvgIpc) is 2.72. The molecule has 88 valence electrons. The van der Waals surface area contributed by atoms with Gasteiger partial charge in [0.05, 0.1) is 5.69 Å². The molecular formula is C11H12N4O2. The molecule has 0 saturated heterocycles. The second-order valence-corrected chi connectivity index (χ2v) is 3.63. The molecule has 0 aliphatic carbocycles. The molecule has 1 heterocycles. The number of H-pyrrole nitrogens is 1. The van der Waals surface area contributed by atoms with E-state index in [-0.39, 0.29) is 12.1 Å². The van der Waals surface area contributed by atoms with Crippen LogP contribution in [0.4, 0.5) is 5.69 Å². The molecule has 0 aliphatic heterocycles. The van der Waals surface area contributed by atoms with E-state index in [1.54, 1.807) is 0 Å². The fourth-order valence-electron chi connectivity index (χ4n) is 1.62. The monoisotopic (exact) mass is 232 g/mol. The Labute approximate surface area is 97.4 Å². The lowest BCUT2D eigenvalue weighted by Crippen LogP contribution is -2.21. The van der Waals surface area contributed by atoms with Crippen molar-refractivity contribution in [1.82, 2.24) is 10.2 Å². The number of aromatic nitrogens is 2. The van der Waals surface area contributed by atoms with Crippen molar-refractivity contribution in [2.75, 3.05) is 0 Å². The highest BCUT2D eigenvalue weighted by molar-refractivity contribution is 5.73. The smallest absolute Gasteiger partial charge is 0.156 e. The Kier molecular flexibility index (Phi) is 3.27. The summed E-state index contributed by atoms with van der Waals surface area (Å²) < 4.78 is 0. The van der Waals surface area contributed by atoms with E-state index in [1.807, 2.05) is 30.3 Å². The number of aliphatic hydroxyl groups excluding tert-OH is 1. The van der Waals surface area contributed by atoms with Crippen LogP contribution in [0, 0.1) is 4.91 Å². The topological polar surface area (TPSA) is 104 Å². The molecule has 0 amide bonds. The molecule has 1 aromatic heterocycles. The lowest BCUT2D eigenvalue weighted by atomic mass is 10.1. The molecule has 0 radical (unpaired) electrons. The molecule has 0 fully saturated rings. The maximum atomic E-state index is 10.8. The summed E-state index contributed by atoms with van der Waals surface area (Å²) in [5, 5.41) is 18.7. The van der Waals surface area contributed by atoms with Crippen molar-refractivity contribution in [2.45, 2.75) is 12.6 Å². The van der Waals surface area contributed by atoms with Gasteiger partial charge in [-0.05, 0) is 5.18 Å². The lowest BCUT2D eigenvalue weighted by molar-refractivity contribution is 0.182. The van der Waals surface area contributed by atoms with Gasteiger partial charge in [0.25, 0.3) is 0 Å². The van der Waals surface area contributed by atoms with Crippen molar-refractivity contribution in [2.24, 2.45) is 10.9 Å². The normalized spacial score (nSPS) is 12.4. The number of nitrogens with one attached hydrogen (secondary N) is 1. The van der Waals surface area contributed by atoms with Crippen LogP contribution >= 0.6 is 0 Å². The molecule has 0 aliphatic rings. The molecular weight excluding hydrogens is 220 g/mol. The maximum absolute atomic E-state index is 10.8. The van der Waals surface area contributed by atoms with Crippen LogP contribution in [0.5, 0.6) is 0 Å². The Hall–Kier alpha value is -2.05. The van der Waals surface area contributed by atoms with Crippen molar-refractivity contribution in [1.29, 1.82) is 0 Å². The van der Waals surface area contributed by atoms with E-state index in [9.17, 15) is 4.91 Å². The van der Waals surface area contributed by atoms with Crippen molar-refractivity contribution in [3.05, 3.63) is 40.9 Å². The molecule has 17 heavy (non-hydrogen) atoms. The zero-order chi connectivity index (χ0) is 12.3. The standard InChI is InChI=1S/C11H12N4O2/c12-9(16)6-8-11(15-17)10(14-13-8)7-4-2-1-3-5-7/h1-5,9,16H,6,12H2,(H,13,14). The second-order valence-electron chi connectivity index (χ2n) is 3.63. The lowest BCUT2D eigenvalue weighted by Gasteiger charge is -2.01. The summed E-state index contributed by atoms with van der Waals surface area (Å²) in [5.41, 5.74) is 7.15. The van der Waals surface area contributed by atoms with E-state index < -0.39 is 6.23 Å². The van der Waals surface area contributed by atoms with Crippen LogP contribution < -0.4 is 5.73 Å². The number of nitrogens with two attached hydrogens (primary N) is 1. The first-order valence-electron chi connectivity index (χ1n) is 5.12. The first kappa shape index (κ1) is 11.4. The Morgan fingerprint density at radius 2 is 2.12 bits per heavy atom. The summed E-state index contributed by atoms with van der Waals surface area (Å²) in [6.07, 6.45) is -0.930.